The normalized spacial score (nSPS) is 12.4. The molecule has 0 radical (unpaired) electrons. The van der Waals surface area contributed by atoms with E-state index in [4.69, 9.17) is 11.3 Å². The van der Waals surface area contributed by atoms with Crippen molar-refractivity contribution in [2.75, 3.05) is 19.8 Å². The lowest BCUT2D eigenvalue weighted by atomic mass is 10.00. The summed E-state index contributed by atoms with van der Waals surface area (Å²) in [6.07, 6.45) is 14.4. The van der Waals surface area contributed by atoms with E-state index in [0.717, 1.165) is 13.0 Å². The highest BCUT2D eigenvalue weighted by Gasteiger charge is 2.28. The average molecular weight is 329 g/mol. The number of aliphatic hydroxyl groups is 2. The monoisotopic (exact) mass is 328 g/mol. The molecular formula is C17H36N4O2. The fourth-order valence-corrected chi connectivity index (χ4v) is 2.38. The number of rotatable bonds is 16. The SMILES string of the molecule is CCCCCCCCCCCCN/C=C(\N=N)C(N)(CO)CO. The van der Waals surface area contributed by atoms with E-state index in [1.807, 2.05) is 0 Å². The van der Waals surface area contributed by atoms with Crippen molar-refractivity contribution in [3.8, 4) is 0 Å². The van der Waals surface area contributed by atoms with E-state index < -0.39 is 18.8 Å². The van der Waals surface area contributed by atoms with Crippen LogP contribution in [0.25, 0.3) is 0 Å². The maximum atomic E-state index is 9.18. The quantitative estimate of drug-likeness (QED) is 0.221. The molecule has 0 bridgehead atoms. The van der Waals surface area contributed by atoms with Crippen LogP contribution in [-0.4, -0.2) is 35.5 Å². The fourth-order valence-electron chi connectivity index (χ4n) is 2.38. The molecule has 136 valence electrons. The third-order valence-corrected chi connectivity index (χ3v) is 4.11. The molecule has 6 nitrogen and oxygen atoms in total. The summed E-state index contributed by atoms with van der Waals surface area (Å²) in [5, 5.41) is 24.7. The molecule has 6 heteroatoms. The summed E-state index contributed by atoms with van der Waals surface area (Å²) in [5.74, 6) is 0. The lowest BCUT2D eigenvalue weighted by Crippen LogP contribution is -2.49. The maximum absolute atomic E-state index is 9.18. The average Bonchev–Trinajstić information content (AvgIpc) is 2.58. The summed E-state index contributed by atoms with van der Waals surface area (Å²) in [4.78, 5) is 0. The zero-order chi connectivity index (χ0) is 17.4. The summed E-state index contributed by atoms with van der Waals surface area (Å²) < 4.78 is 0. The number of unbranched alkanes of at least 4 members (excludes halogenated alkanes) is 9. The van der Waals surface area contributed by atoms with Crippen LogP contribution >= 0.6 is 0 Å². The van der Waals surface area contributed by atoms with E-state index in [-0.39, 0.29) is 5.70 Å². The van der Waals surface area contributed by atoms with Gasteiger partial charge in [-0.05, 0) is 6.42 Å². The molecule has 0 heterocycles. The highest BCUT2D eigenvalue weighted by atomic mass is 16.3. The Bertz CT molecular complexity index is 318. The van der Waals surface area contributed by atoms with Crippen LogP contribution in [0.3, 0.4) is 0 Å². The van der Waals surface area contributed by atoms with Gasteiger partial charge in [0, 0.05) is 12.7 Å². The molecule has 0 aliphatic rings. The number of nitrogens with one attached hydrogen (secondary N) is 2. The molecule has 0 unspecified atom stereocenters. The smallest absolute Gasteiger partial charge is 0.108 e. The molecule has 0 aromatic carbocycles. The van der Waals surface area contributed by atoms with Crippen LogP contribution in [0.1, 0.15) is 71.1 Å². The van der Waals surface area contributed by atoms with Crippen molar-refractivity contribution in [1.82, 2.24) is 5.32 Å². The molecule has 0 fully saturated rings. The molecule has 0 atom stereocenters. The number of nitrogens with zero attached hydrogens (tertiary/aromatic N) is 1. The predicted molar refractivity (Wildman–Crippen MR) is 94.2 cm³/mol. The number of hydrogen-bond acceptors (Lipinski definition) is 6. The summed E-state index contributed by atoms with van der Waals surface area (Å²) in [5.41, 5.74) is 11.7. The minimum Gasteiger partial charge on any atom is -0.394 e. The van der Waals surface area contributed by atoms with E-state index in [2.05, 4.69) is 17.4 Å². The lowest BCUT2D eigenvalue weighted by molar-refractivity contribution is 0.142. The van der Waals surface area contributed by atoms with Crippen LogP contribution in [0.2, 0.25) is 0 Å². The van der Waals surface area contributed by atoms with Crippen LogP contribution in [0.15, 0.2) is 17.0 Å². The third kappa shape index (κ3) is 10.4. The van der Waals surface area contributed by atoms with Gasteiger partial charge >= 0.3 is 0 Å². The highest BCUT2D eigenvalue weighted by molar-refractivity contribution is 5.16. The van der Waals surface area contributed by atoms with Gasteiger partial charge in [0.2, 0.25) is 0 Å². The molecule has 0 saturated heterocycles. The standard InChI is InChI=1S/C17H36N4O2/c1-2-3-4-5-6-7-8-9-10-11-12-20-13-16(21-19)17(18,14-22)15-23/h13,19-20,22-23H,2-12,14-15,18H2,1H3/b16-13-,21-19?. The molecule has 0 rings (SSSR count). The van der Waals surface area contributed by atoms with Crippen molar-refractivity contribution in [2.24, 2.45) is 10.8 Å². The molecule has 0 aliphatic carbocycles. The van der Waals surface area contributed by atoms with Crippen molar-refractivity contribution in [3.05, 3.63) is 11.9 Å². The van der Waals surface area contributed by atoms with Gasteiger partial charge in [-0.3, -0.25) is 0 Å². The van der Waals surface area contributed by atoms with Crippen molar-refractivity contribution in [3.63, 3.8) is 0 Å². The Morgan fingerprint density at radius 3 is 1.91 bits per heavy atom. The first-order chi connectivity index (χ1) is 11.1. The van der Waals surface area contributed by atoms with Crippen molar-refractivity contribution < 1.29 is 10.2 Å². The number of nitrogens with two attached hydrogens (primary N) is 1. The van der Waals surface area contributed by atoms with Gasteiger partial charge in [-0.2, -0.15) is 5.11 Å². The Morgan fingerprint density at radius 1 is 1.00 bits per heavy atom. The Labute approximate surface area is 141 Å². The molecule has 0 aromatic rings. The van der Waals surface area contributed by atoms with Gasteiger partial charge in [-0.1, -0.05) is 64.7 Å². The topological polar surface area (TPSA) is 115 Å². The fraction of sp³-hybridized carbons (Fsp3) is 0.882. The van der Waals surface area contributed by atoms with Crippen LogP contribution in [0, 0.1) is 5.53 Å². The van der Waals surface area contributed by atoms with Crippen LogP contribution < -0.4 is 11.1 Å². The van der Waals surface area contributed by atoms with Gasteiger partial charge in [0.25, 0.3) is 0 Å². The first-order valence-corrected chi connectivity index (χ1v) is 8.96. The molecule has 0 amide bonds. The lowest BCUT2D eigenvalue weighted by Gasteiger charge is -2.24. The molecule has 0 saturated carbocycles. The minimum absolute atomic E-state index is 0.162. The second-order valence-corrected chi connectivity index (χ2v) is 6.25. The Balaban J connectivity index is 3.64. The van der Waals surface area contributed by atoms with Crippen molar-refractivity contribution in [1.29, 1.82) is 5.53 Å². The van der Waals surface area contributed by atoms with Crippen LogP contribution in [0.4, 0.5) is 0 Å². The summed E-state index contributed by atoms with van der Waals surface area (Å²) in [6.45, 7) is 2.13. The predicted octanol–water partition coefficient (Wildman–Crippen LogP) is 3.05. The van der Waals surface area contributed by atoms with Crippen LogP contribution in [-0.2, 0) is 0 Å². The second-order valence-electron chi connectivity index (χ2n) is 6.25. The minimum atomic E-state index is -1.35. The molecule has 6 N–H and O–H groups in total. The highest BCUT2D eigenvalue weighted by Crippen LogP contribution is 2.13. The van der Waals surface area contributed by atoms with Crippen molar-refractivity contribution in [2.45, 2.75) is 76.7 Å². The maximum Gasteiger partial charge on any atom is 0.108 e. The summed E-state index contributed by atoms with van der Waals surface area (Å²) in [7, 11) is 0. The molecule has 23 heavy (non-hydrogen) atoms. The van der Waals surface area contributed by atoms with Gasteiger partial charge < -0.3 is 21.3 Å². The van der Waals surface area contributed by atoms with E-state index in [0.29, 0.717) is 0 Å². The van der Waals surface area contributed by atoms with Gasteiger partial charge in [0.1, 0.15) is 11.2 Å². The van der Waals surface area contributed by atoms with Gasteiger partial charge in [-0.15, -0.1) is 0 Å². The number of aliphatic hydroxyl groups excluding tert-OH is 2. The molecule has 0 spiro atoms. The van der Waals surface area contributed by atoms with Crippen LogP contribution in [0.5, 0.6) is 0 Å². The largest absolute Gasteiger partial charge is 0.394 e. The van der Waals surface area contributed by atoms with Gasteiger partial charge in [-0.25, -0.2) is 5.53 Å². The van der Waals surface area contributed by atoms with E-state index >= 15 is 0 Å². The Hall–Kier alpha value is -0.980. The van der Waals surface area contributed by atoms with Gasteiger partial charge in [0.15, 0.2) is 0 Å². The van der Waals surface area contributed by atoms with Crippen molar-refractivity contribution >= 4 is 0 Å². The summed E-state index contributed by atoms with van der Waals surface area (Å²) >= 11 is 0. The first-order valence-electron chi connectivity index (χ1n) is 8.96. The third-order valence-electron chi connectivity index (χ3n) is 4.11. The number of hydrogen-bond donors (Lipinski definition) is 5. The zero-order valence-electron chi connectivity index (χ0n) is 14.7. The van der Waals surface area contributed by atoms with Gasteiger partial charge in [0.05, 0.1) is 13.2 Å². The van der Waals surface area contributed by atoms with E-state index in [9.17, 15) is 10.2 Å². The zero-order valence-corrected chi connectivity index (χ0v) is 14.7. The summed E-state index contributed by atoms with van der Waals surface area (Å²) in [6, 6.07) is 0. The Kier molecular flexibility index (Phi) is 14.0. The Morgan fingerprint density at radius 2 is 1.48 bits per heavy atom. The molecule has 0 aromatic heterocycles. The van der Waals surface area contributed by atoms with E-state index in [1.165, 1.54) is 64.0 Å². The van der Waals surface area contributed by atoms with E-state index in [1.54, 1.807) is 0 Å². The molecular weight excluding hydrogens is 292 g/mol. The second kappa shape index (κ2) is 14.6. The first kappa shape index (κ1) is 22.0. The molecule has 0 aliphatic heterocycles.